The molecule has 1 nitrogen and oxygen atoms in total. The summed E-state index contributed by atoms with van der Waals surface area (Å²) >= 11 is 0. The van der Waals surface area contributed by atoms with Crippen molar-refractivity contribution < 1.29 is 0 Å². The van der Waals surface area contributed by atoms with Crippen molar-refractivity contribution in [2.75, 3.05) is 0 Å². The van der Waals surface area contributed by atoms with Crippen molar-refractivity contribution in [2.45, 2.75) is 52.5 Å². The Hall–Kier alpha value is -0.820. The minimum atomic E-state index is 0.228. The van der Waals surface area contributed by atoms with Crippen molar-refractivity contribution in [1.82, 2.24) is 0 Å². The fourth-order valence-corrected chi connectivity index (χ4v) is 2.84. The van der Waals surface area contributed by atoms with Gasteiger partial charge in [0.1, 0.15) is 0 Å². The van der Waals surface area contributed by atoms with Crippen molar-refractivity contribution >= 4 is 0 Å². The first-order chi connectivity index (χ1) is 7.98. The quantitative estimate of drug-likeness (QED) is 0.810. The molecule has 2 rings (SSSR count). The Balaban J connectivity index is 2.01. The maximum atomic E-state index is 6.41. The SMILES string of the molecule is Cc1ccc(C(N)C2CCC(C)(C)CC2)cc1. The van der Waals surface area contributed by atoms with E-state index in [9.17, 15) is 0 Å². The van der Waals surface area contributed by atoms with Crippen LogP contribution in [0.25, 0.3) is 0 Å². The second-order valence-corrected chi connectivity index (χ2v) is 6.44. The zero-order valence-corrected chi connectivity index (χ0v) is 11.4. The molecule has 1 saturated carbocycles. The van der Waals surface area contributed by atoms with E-state index < -0.39 is 0 Å². The predicted octanol–water partition coefficient (Wildman–Crippen LogP) is 4.21. The summed E-state index contributed by atoms with van der Waals surface area (Å²) in [5, 5.41) is 0. The number of nitrogens with two attached hydrogens (primary N) is 1. The average molecular weight is 231 g/mol. The Morgan fingerprint density at radius 3 is 2.18 bits per heavy atom. The maximum Gasteiger partial charge on any atom is 0.0323 e. The van der Waals surface area contributed by atoms with Gasteiger partial charge in [0.05, 0.1) is 0 Å². The molecule has 0 radical (unpaired) electrons. The Morgan fingerprint density at radius 1 is 1.12 bits per heavy atom. The molecule has 94 valence electrons. The van der Waals surface area contributed by atoms with E-state index in [1.54, 1.807) is 0 Å². The van der Waals surface area contributed by atoms with Gasteiger partial charge in [-0.25, -0.2) is 0 Å². The fraction of sp³-hybridized carbons (Fsp3) is 0.625. The predicted molar refractivity (Wildman–Crippen MR) is 73.8 cm³/mol. The summed E-state index contributed by atoms with van der Waals surface area (Å²) in [5.74, 6) is 0.672. The number of rotatable bonds is 2. The monoisotopic (exact) mass is 231 g/mol. The first-order valence-corrected chi connectivity index (χ1v) is 6.80. The van der Waals surface area contributed by atoms with Gasteiger partial charge in [-0.15, -0.1) is 0 Å². The molecule has 1 aromatic rings. The minimum Gasteiger partial charge on any atom is -0.324 e. The first kappa shape index (κ1) is 12.6. The van der Waals surface area contributed by atoms with E-state index in [2.05, 4.69) is 45.0 Å². The zero-order chi connectivity index (χ0) is 12.5. The van der Waals surface area contributed by atoms with Gasteiger partial charge in [-0.2, -0.15) is 0 Å². The molecule has 0 aliphatic heterocycles. The van der Waals surface area contributed by atoms with E-state index in [0.29, 0.717) is 11.3 Å². The summed E-state index contributed by atoms with van der Waals surface area (Å²) in [6.45, 7) is 6.87. The van der Waals surface area contributed by atoms with E-state index in [1.165, 1.54) is 36.8 Å². The number of hydrogen-bond donors (Lipinski definition) is 1. The molecule has 1 aliphatic rings. The number of benzene rings is 1. The zero-order valence-electron chi connectivity index (χ0n) is 11.4. The van der Waals surface area contributed by atoms with Crippen LogP contribution in [-0.2, 0) is 0 Å². The lowest BCUT2D eigenvalue weighted by Gasteiger charge is -2.37. The summed E-state index contributed by atoms with van der Waals surface area (Å²) in [4.78, 5) is 0. The molecule has 1 aliphatic carbocycles. The molecule has 1 atom stereocenters. The molecule has 1 aromatic carbocycles. The van der Waals surface area contributed by atoms with Crippen LogP contribution >= 0.6 is 0 Å². The molecular weight excluding hydrogens is 206 g/mol. The summed E-state index contributed by atoms with van der Waals surface area (Å²) in [6.07, 6.45) is 5.19. The number of hydrogen-bond acceptors (Lipinski definition) is 1. The molecule has 0 aromatic heterocycles. The van der Waals surface area contributed by atoms with Gasteiger partial charge in [0.15, 0.2) is 0 Å². The third-order valence-corrected chi connectivity index (χ3v) is 4.35. The molecule has 0 saturated heterocycles. The van der Waals surface area contributed by atoms with E-state index in [-0.39, 0.29) is 6.04 Å². The summed E-state index contributed by atoms with van der Waals surface area (Å²) in [7, 11) is 0. The molecule has 1 unspecified atom stereocenters. The molecular formula is C16H25N. The lowest BCUT2D eigenvalue weighted by atomic mass is 9.70. The van der Waals surface area contributed by atoms with Crippen LogP contribution in [0.5, 0.6) is 0 Å². The van der Waals surface area contributed by atoms with Crippen LogP contribution in [0.15, 0.2) is 24.3 Å². The van der Waals surface area contributed by atoms with Crippen molar-refractivity contribution in [3.05, 3.63) is 35.4 Å². The Morgan fingerprint density at radius 2 is 1.65 bits per heavy atom. The van der Waals surface area contributed by atoms with Gasteiger partial charge >= 0.3 is 0 Å². The van der Waals surface area contributed by atoms with Gasteiger partial charge in [0, 0.05) is 6.04 Å². The van der Waals surface area contributed by atoms with Crippen LogP contribution < -0.4 is 5.73 Å². The highest BCUT2D eigenvalue weighted by molar-refractivity contribution is 5.24. The largest absolute Gasteiger partial charge is 0.324 e. The highest BCUT2D eigenvalue weighted by Gasteiger charge is 2.30. The van der Waals surface area contributed by atoms with Crippen LogP contribution in [0.1, 0.15) is 56.7 Å². The third-order valence-electron chi connectivity index (χ3n) is 4.35. The molecule has 0 bridgehead atoms. The second kappa shape index (κ2) is 4.81. The van der Waals surface area contributed by atoms with Crippen LogP contribution in [0.3, 0.4) is 0 Å². The summed E-state index contributed by atoms with van der Waals surface area (Å²) in [5.41, 5.74) is 9.56. The van der Waals surface area contributed by atoms with E-state index >= 15 is 0 Å². The van der Waals surface area contributed by atoms with Crippen LogP contribution in [0.4, 0.5) is 0 Å². The van der Waals surface area contributed by atoms with Gasteiger partial charge in [-0.05, 0) is 49.5 Å². The van der Waals surface area contributed by atoms with E-state index in [4.69, 9.17) is 5.73 Å². The standard InChI is InChI=1S/C16H25N/c1-12-4-6-13(7-5-12)15(17)14-8-10-16(2,3)11-9-14/h4-7,14-15H,8-11,17H2,1-3H3. The maximum absolute atomic E-state index is 6.41. The van der Waals surface area contributed by atoms with Gasteiger partial charge < -0.3 is 5.73 Å². The highest BCUT2D eigenvalue weighted by Crippen LogP contribution is 2.41. The number of aryl methyl sites for hydroxylation is 1. The van der Waals surface area contributed by atoms with E-state index in [1.807, 2.05) is 0 Å². The van der Waals surface area contributed by atoms with Gasteiger partial charge in [0.25, 0.3) is 0 Å². The highest BCUT2D eigenvalue weighted by atomic mass is 14.7. The molecule has 1 heteroatoms. The van der Waals surface area contributed by atoms with Crippen molar-refractivity contribution in [3.8, 4) is 0 Å². The van der Waals surface area contributed by atoms with E-state index in [0.717, 1.165) is 0 Å². The minimum absolute atomic E-state index is 0.228. The molecule has 2 N–H and O–H groups in total. The summed E-state index contributed by atoms with van der Waals surface area (Å²) < 4.78 is 0. The molecule has 17 heavy (non-hydrogen) atoms. The van der Waals surface area contributed by atoms with Crippen LogP contribution in [0.2, 0.25) is 0 Å². The summed E-state index contributed by atoms with van der Waals surface area (Å²) in [6, 6.07) is 8.95. The molecule has 0 spiro atoms. The van der Waals surface area contributed by atoms with Crippen LogP contribution in [-0.4, -0.2) is 0 Å². The molecule has 1 fully saturated rings. The Labute approximate surface area is 105 Å². The Bertz CT molecular complexity index is 354. The third kappa shape index (κ3) is 3.10. The Kier molecular flexibility index (Phi) is 3.58. The van der Waals surface area contributed by atoms with Crippen molar-refractivity contribution in [1.29, 1.82) is 0 Å². The molecule has 0 heterocycles. The fourth-order valence-electron chi connectivity index (χ4n) is 2.84. The van der Waals surface area contributed by atoms with Crippen LogP contribution in [0, 0.1) is 18.3 Å². The molecule has 0 amide bonds. The first-order valence-electron chi connectivity index (χ1n) is 6.80. The smallest absolute Gasteiger partial charge is 0.0323 e. The van der Waals surface area contributed by atoms with Crippen molar-refractivity contribution in [2.24, 2.45) is 17.1 Å². The normalized spacial score (nSPS) is 22.4. The van der Waals surface area contributed by atoms with Gasteiger partial charge in [-0.3, -0.25) is 0 Å². The van der Waals surface area contributed by atoms with Gasteiger partial charge in [-0.1, -0.05) is 43.7 Å². The lowest BCUT2D eigenvalue weighted by Crippen LogP contribution is -2.29. The average Bonchev–Trinajstić information content (AvgIpc) is 2.29. The topological polar surface area (TPSA) is 26.0 Å². The second-order valence-electron chi connectivity index (χ2n) is 6.44. The van der Waals surface area contributed by atoms with Gasteiger partial charge in [0.2, 0.25) is 0 Å². The lowest BCUT2D eigenvalue weighted by molar-refractivity contribution is 0.173. The van der Waals surface area contributed by atoms with Crippen molar-refractivity contribution in [3.63, 3.8) is 0 Å².